The number of hydrogen-bond acceptors (Lipinski definition) is 9. The molecular formula is C41H48N8O4S. The van der Waals surface area contributed by atoms with Crippen LogP contribution in [0.4, 0.5) is 4.79 Å². The lowest BCUT2D eigenvalue weighted by molar-refractivity contribution is -0.134. The Morgan fingerprint density at radius 2 is 1.65 bits per heavy atom. The molecule has 13 heteroatoms. The Hall–Kier alpha value is -5.66. The third kappa shape index (κ3) is 9.10. The molecule has 6 rings (SSSR count). The van der Waals surface area contributed by atoms with Gasteiger partial charge in [-0.1, -0.05) is 80.6 Å². The van der Waals surface area contributed by atoms with E-state index in [1.165, 1.54) is 22.1 Å². The van der Waals surface area contributed by atoms with Gasteiger partial charge in [0.15, 0.2) is 0 Å². The van der Waals surface area contributed by atoms with Crippen molar-refractivity contribution in [2.45, 2.75) is 45.4 Å². The van der Waals surface area contributed by atoms with Gasteiger partial charge in [0.2, 0.25) is 11.8 Å². The summed E-state index contributed by atoms with van der Waals surface area (Å²) in [6, 6.07) is 25.4. The Kier molecular flexibility index (Phi) is 12.6. The van der Waals surface area contributed by atoms with Gasteiger partial charge in [-0.05, 0) is 54.1 Å². The van der Waals surface area contributed by atoms with Crippen molar-refractivity contribution in [2.75, 3.05) is 40.3 Å². The van der Waals surface area contributed by atoms with Crippen molar-refractivity contribution in [2.24, 2.45) is 0 Å². The van der Waals surface area contributed by atoms with E-state index in [1.54, 1.807) is 29.5 Å². The highest BCUT2D eigenvalue weighted by Crippen LogP contribution is 2.36. The summed E-state index contributed by atoms with van der Waals surface area (Å²) in [5, 5.41) is 13.8. The molecule has 12 nitrogen and oxygen atoms in total. The maximum absolute atomic E-state index is 13.8. The SMILES string of the molecule is CCCN(CC1NC=C(c2ccc3cc(-c4ccc(-c5cnc(CN(CCC)C(=O)C(NC(=O)OC)c6ccccc6)[nH]5)cc4)sc3c2)N1)C(=O)CNC. The molecule has 5 aromatic rings. The number of H-pyrrole nitrogens is 1. The zero-order chi connectivity index (χ0) is 38.0. The maximum atomic E-state index is 13.8. The highest BCUT2D eigenvalue weighted by atomic mass is 32.1. The van der Waals surface area contributed by atoms with Gasteiger partial charge in [0.05, 0.1) is 44.3 Å². The van der Waals surface area contributed by atoms with E-state index in [2.05, 4.69) is 86.7 Å². The normalized spacial score (nSPS) is 14.1. The van der Waals surface area contributed by atoms with Crippen LogP contribution in [0.3, 0.4) is 0 Å². The van der Waals surface area contributed by atoms with Gasteiger partial charge in [-0.2, -0.15) is 0 Å². The van der Waals surface area contributed by atoms with Crippen LogP contribution in [0.5, 0.6) is 0 Å². The molecule has 54 heavy (non-hydrogen) atoms. The first-order valence-electron chi connectivity index (χ1n) is 18.3. The first kappa shape index (κ1) is 38.1. The Bertz CT molecular complexity index is 2080. The fraction of sp³-hybridized carbons (Fsp3) is 0.317. The fourth-order valence-electron chi connectivity index (χ4n) is 6.55. The number of thiophene rings is 1. The number of hydrogen-bond donors (Lipinski definition) is 5. The third-order valence-corrected chi connectivity index (χ3v) is 10.4. The molecule has 3 aromatic carbocycles. The van der Waals surface area contributed by atoms with Crippen molar-refractivity contribution in [1.29, 1.82) is 0 Å². The van der Waals surface area contributed by atoms with Gasteiger partial charge in [-0.3, -0.25) is 9.59 Å². The van der Waals surface area contributed by atoms with E-state index in [9.17, 15) is 14.4 Å². The first-order chi connectivity index (χ1) is 26.3. The number of alkyl carbamates (subject to hydrolysis) is 1. The first-order valence-corrected chi connectivity index (χ1v) is 19.1. The standard InChI is InChI=1S/C41H48N8O4S/c1-5-18-48(38(50)24-42-3)25-36-44-23-33(46-36)30-16-17-31-21-34(54-35(31)20-30)28-14-12-27(13-15-28)32-22-43-37(45-32)26-49(19-6-2)40(51)39(47-41(52)53-4)29-10-8-7-9-11-29/h7-17,20-23,36,39,42,44,46H,5-6,18-19,24-26H2,1-4H3,(H,43,45)(H,47,52). The highest BCUT2D eigenvalue weighted by Gasteiger charge is 2.28. The number of fused-ring (bicyclic) bond motifs is 1. The van der Waals surface area contributed by atoms with Crippen LogP contribution in [0.25, 0.3) is 37.5 Å². The zero-order valence-electron chi connectivity index (χ0n) is 31.1. The van der Waals surface area contributed by atoms with Crippen LogP contribution in [-0.2, 0) is 20.9 Å². The summed E-state index contributed by atoms with van der Waals surface area (Å²) in [5.74, 6) is 0.504. The molecule has 2 aromatic heterocycles. The molecule has 0 spiro atoms. The maximum Gasteiger partial charge on any atom is 0.407 e. The molecular weight excluding hydrogens is 701 g/mol. The van der Waals surface area contributed by atoms with Crippen LogP contribution in [0.2, 0.25) is 0 Å². The van der Waals surface area contributed by atoms with Crippen molar-refractivity contribution >= 4 is 45.0 Å². The molecule has 3 heterocycles. The van der Waals surface area contributed by atoms with Gasteiger partial charge in [0.1, 0.15) is 18.0 Å². The molecule has 0 saturated heterocycles. The molecule has 282 valence electrons. The minimum atomic E-state index is -0.887. The lowest BCUT2D eigenvalue weighted by Crippen LogP contribution is -2.48. The molecule has 2 atom stereocenters. The van der Waals surface area contributed by atoms with Crippen LogP contribution < -0.4 is 21.3 Å². The van der Waals surface area contributed by atoms with E-state index in [4.69, 9.17) is 4.74 Å². The highest BCUT2D eigenvalue weighted by molar-refractivity contribution is 7.22. The number of carbonyl (C=O) groups excluding carboxylic acids is 3. The number of rotatable bonds is 16. The third-order valence-electron chi connectivity index (χ3n) is 9.25. The second kappa shape index (κ2) is 17.9. The van der Waals surface area contributed by atoms with E-state index in [0.29, 0.717) is 31.0 Å². The topological polar surface area (TPSA) is 144 Å². The van der Waals surface area contributed by atoms with Crippen molar-refractivity contribution in [1.82, 2.24) is 41.0 Å². The number of imidazole rings is 1. The number of ether oxygens (including phenoxy) is 1. The number of amides is 3. The van der Waals surface area contributed by atoms with Gasteiger partial charge in [0.25, 0.3) is 0 Å². The van der Waals surface area contributed by atoms with Gasteiger partial charge in [-0.25, -0.2) is 9.78 Å². The van der Waals surface area contributed by atoms with Crippen molar-refractivity contribution < 1.29 is 19.1 Å². The van der Waals surface area contributed by atoms with E-state index in [1.807, 2.05) is 48.4 Å². The minimum Gasteiger partial charge on any atom is -0.453 e. The van der Waals surface area contributed by atoms with Gasteiger partial charge in [0, 0.05) is 34.4 Å². The van der Waals surface area contributed by atoms with Crippen LogP contribution in [0.15, 0.2) is 91.3 Å². The van der Waals surface area contributed by atoms with Crippen LogP contribution in [-0.4, -0.2) is 84.2 Å². The average Bonchev–Trinajstić information content (AvgIpc) is 3.97. The number of aromatic nitrogens is 2. The molecule has 1 aliphatic heterocycles. The number of aromatic amines is 1. The van der Waals surface area contributed by atoms with E-state index in [0.717, 1.165) is 47.5 Å². The number of benzene rings is 3. The minimum absolute atomic E-state index is 0.0495. The second-order valence-corrected chi connectivity index (χ2v) is 14.3. The van der Waals surface area contributed by atoms with Crippen molar-refractivity contribution in [3.05, 3.63) is 108 Å². The number of nitrogens with zero attached hydrogens (tertiary/aromatic N) is 3. The average molecular weight is 749 g/mol. The summed E-state index contributed by atoms with van der Waals surface area (Å²) in [5.41, 5.74) is 5.72. The predicted octanol–water partition coefficient (Wildman–Crippen LogP) is 6.07. The number of nitrogens with one attached hydrogen (secondary N) is 5. The van der Waals surface area contributed by atoms with Gasteiger partial charge >= 0.3 is 6.09 Å². The molecule has 0 bridgehead atoms. The van der Waals surface area contributed by atoms with E-state index >= 15 is 0 Å². The molecule has 2 unspecified atom stereocenters. The Morgan fingerprint density at radius 3 is 2.37 bits per heavy atom. The Balaban J connectivity index is 1.11. The van der Waals surface area contributed by atoms with Crippen LogP contribution >= 0.6 is 11.3 Å². The Morgan fingerprint density at radius 1 is 0.926 bits per heavy atom. The molecule has 0 aliphatic carbocycles. The summed E-state index contributed by atoms with van der Waals surface area (Å²) in [6.45, 7) is 6.48. The predicted molar refractivity (Wildman–Crippen MR) is 214 cm³/mol. The zero-order valence-corrected chi connectivity index (χ0v) is 32.0. The van der Waals surface area contributed by atoms with Gasteiger partial charge < -0.3 is 40.8 Å². The molecule has 0 fully saturated rings. The van der Waals surface area contributed by atoms with Crippen LogP contribution in [0.1, 0.15) is 49.7 Å². The lowest BCUT2D eigenvalue weighted by atomic mass is 10.1. The Labute approximate surface area is 320 Å². The molecule has 5 N–H and O–H groups in total. The summed E-state index contributed by atoms with van der Waals surface area (Å²) in [7, 11) is 3.07. The molecule has 3 amide bonds. The summed E-state index contributed by atoms with van der Waals surface area (Å²) >= 11 is 1.75. The molecule has 1 aliphatic rings. The van der Waals surface area contributed by atoms with Crippen molar-refractivity contribution in [3.8, 4) is 21.7 Å². The second-order valence-electron chi connectivity index (χ2n) is 13.2. The molecule has 0 radical (unpaired) electrons. The number of likely N-dealkylation sites (N-methyl/N-ethyl adjacent to an activating group) is 1. The lowest BCUT2D eigenvalue weighted by Gasteiger charge is -2.27. The monoisotopic (exact) mass is 748 g/mol. The summed E-state index contributed by atoms with van der Waals surface area (Å²) in [4.78, 5) is 51.3. The van der Waals surface area contributed by atoms with E-state index in [-0.39, 0.29) is 24.5 Å². The smallest absolute Gasteiger partial charge is 0.407 e. The summed E-state index contributed by atoms with van der Waals surface area (Å²) in [6.07, 6.45) is 4.71. The summed E-state index contributed by atoms with van der Waals surface area (Å²) < 4.78 is 6.00. The largest absolute Gasteiger partial charge is 0.453 e. The van der Waals surface area contributed by atoms with Gasteiger partial charge in [-0.15, -0.1) is 11.3 Å². The molecule has 0 saturated carbocycles. The number of carbonyl (C=O) groups is 3. The van der Waals surface area contributed by atoms with Crippen molar-refractivity contribution in [3.63, 3.8) is 0 Å². The van der Waals surface area contributed by atoms with E-state index < -0.39 is 12.1 Å². The number of methoxy groups -OCH3 is 1. The quantitative estimate of drug-likeness (QED) is 0.0819. The van der Waals surface area contributed by atoms with Crippen LogP contribution in [0, 0.1) is 0 Å². The fourth-order valence-corrected chi connectivity index (χ4v) is 7.65.